The Kier molecular flexibility index (Phi) is 3.05. The molecule has 1 heterocycles. The zero-order valence-electron chi connectivity index (χ0n) is 13.1. The third-order valence-corrected chi connectivity index (χ3v) is 4.78. The van der Waals surface area contributed by atoms with Crippen LogP contribution in [0.2, 0.25) is 0 Å². The number of aromatic nitrogens is 1. The van der Waals surface area contributed by atoms with Crippen LogP contribution in [0, 0.1) is 19.3 Å². The highest BCUT2D eigenvalue weighted by atomic mass is 16.4. The van der Waals surface area contributed by atoms with Crippen molar-refractivity contribution in [3.8, 4) is 0 Å². The highest BCUT2D eigenvalue weighted by Crippen LogP contribution is 2.38. The average molecular weight is 283 g/mol. The molecule has 0 fully saturated rings. The van der Waals surface area contributed by atoms with Crippen LogP contribution in [0.5, 0.6) is 0 Å². The van der Waals surface area contributed by atoms with E-state index in [1.807, 2.05) is 26.0 Å². The lowest BCUT2D eigenvalue weighted by Crippen LogP contribution is -2.25. The third-order valence-electron chi connectivity index (χ3n) is 4.78. The summed E-state index contributed by atoms with van der Waals surface area (Å²) in [4.78, 5) is 16.7. The van der Waals surface area contributed by atoms with Crippen LogP contribution in [0.25, 0.3) is 10.9 Å². The van der Waals surface area contributed by atoms with Gasteiger partial charge in [-0.25, -0.2) is 4.79 Å². The van der Waals surface area contributed by atoms with Gasteiger partial charge < -0.3 is 5.11 Å². The molecule has 0 atom stereocenters. The maximum Gasteiger partial charge on any atom is 0.336 e. The molecule has 3 heteroatoms. The van der Waals surface area contributed by atoms with Crippen molar-refractivity contribution in [2.75, 3.05) is 0 Å². The molecule has 1 aliphatic rings. The van der Waals surface area contributed by atoms with Gasteiger partial charge in [-0.15, -0.1) is 0 Å². The van der Waals surface area contributed by atoms with E-state index in [0.29, 0.717) is 5.56 Å². The predicted molar refractivity (Wildman–Crippen MR) is 84.0 cm³/mol. The number of carboxylic acids is 1. The summed E-state index contributed by atoms with van der Waals surface area (Å²) >= 11 is 0. The molecule has 3 rings (SSSR count). The lowest BCUT2D eigenvalue weighted by atomic mass is 9.74. The summed E-state index contributed by atoms with van der Waals surface area (Å²) in [5.41, 5.74) is 5.62. The maximum absolute atomic E-state index is 11.9. The van der Waals surface area contributed by atoms with Crippen LogP contribution in [-0.2, 0) is 12.8 Å². The molecule has 21 heavy (non-hydrogen) atoms. The molecule has 0 radical (unpaired) electrons. The number of aromatic carboxylic acids is 1. The number of benzene rings is 1. The van der Waals surface area contributed by atoms with Crippen LogP contribution in [-0.4, -0.2) is 16.1 Å². The first-order chi connectivity index (χ1) is 9.80. The number of rotatable bonds is 1. The standard InChI is InChI=1S/C18H21NO2/c1-10-5-6-12-15(17(20)21)13-9-18(3,4)8-7-14(13)19-16(12)11(10)2/h5-6H,7-9H2,1-4H3,(H,20,21). The Labute approximate surface area is 125 Å². The normalized spacial score (nSPS) is 16.8. The van der Waals surface area contributed by atoms with Gasteiger partial charge in [0, 0.05) is 11.1 Å². The minimum absolute atomic E-state index is 0.145. The van der Waals surface area contributed by atoms with Gasteiger partial charge in [-0.3, -0.25) is 4.98 Å². The molecule has 0 saturated heterocycles. The minimum Gasteiger partial charge on any atom is -0.478 e. The number of carbonyl (C=O) groups is 1. The van der Waals surface area contributed by atoms with E-state index in [4.69, 9.17) is 4.98 Å². The molecule has 0 spiro atoms. The Morgan fingerprint density at radius 3 is 2.67 bits per heavy atom. The number of hydrogen-bond acceptors (Lipinski definition) is 2. The Balaban J connectivity index is 2.40. The van der Waals surface area contributed by atoms with Crippen molar-refractivity contribution >= 4 is 16.9 Å². The molecule has 1 N–H and O–H groups in total. The fourth-order valence-electron chi connectivity index (χ4n) is 3.32. The fourth-order valence-corrected chi connectivity index (χ4v) is 3.32. The van der Waals surface area contributed by atoms with Gasteiger partial charge in [-0.05, 0) is 55.2 Å². The van der Waals surface area contributed by atoms with Crippen molar-refractivity contribution < 1.29 is 9.90 Å². The van der Waals surface area contributed by atoms with Gasteiger partial charge in [0.25, 0.3) is 0 Å². The number of fused-ring (bicyclic) bond motifs is 2. The summed E-state index contributed by atoms with van der Waals surface area (Å²) in [5.74, 6) is -0.834. The molecule has 0 aliphatic heterocycles. The van der Waals surface area contributed by atoms with Gasteiger partial charge in [-0.2, -0.15) is 0 Å². The number of aryl methyl sites for hydroxylation is 3. The minimum atomic E-state index is -0.834. The van der Waals surface area contributed by atoms with Gasteiger partial charge in [0.15, 0.2) is 0 Å². The van der Waals surface area contributed by atoms with E-state index in [1.54, 1.807) is 0 Å². The number of pyridine rings is 1. The van der Waals surface area contributed by atoms with Gasteiger partial charge in [-0.1, -0.05) is 26.0 Å². The quantitative estimate of drug-likeness (QED) is 0.858. The first-order valence-electron chi connectivity index (χ1n) is 7.45. The maximum atomic E-state index is 11.9. The van der Waals surface area contributed by atoms with Crippen molar-refractivity contribution in [2.45, 2.75) is 47.0 Å². The van der Waals surface area contributed by atoms with E-state index >= 15 is 0 Å². The second-order valence-electron chi connectivity index (χ2n) is 6.96. The van der Waals surface area contributed by atoms with Crippen molar-refractivity contribution in [1.82, 2.24) is 4.98 Å². The van der Waals surface area contributed by atoms with Crippen LogP contribution < -0.4 is 0 Å². The smallest absolute Gasteiger partial charge is 0.336 e. The molecule has 3 nitrogen and oxygen atoms in total. The van der Waals surface area contributed by atoms with Crippen molar-refractivity contribution in [1.29, 1.82) is 0 Å². The molecule has 110 valence electrons. The summed E-state index contributed by atoms with van der Waals surface area (Å²) < 4.78 is 0. The van der Waals surface area contributed by atoms with Crippen molar-refractivity contribution in [2.24, 2.45) is 5.41 Å². The van der Waals surface area contributed by atoms with E-state index < -0.39 is 5.97 Å². The topological polar surface area (TPSA) is 50.2 Å². The number of nitrogens with zero attached hydrogens (tertiary/aromatic N) is 1. The Bertz CT molecular complexity index is 760. The lowest BCUT2D eigenvalue weighted by Gasteiger charge is -2.32. The number of hydrogen-bond donors (Lipinski definition) is 1. The summed E-state index contributed by atoms with van der Waals surface area (Å²) in [6.07, 6.45) is 2.72. The van der Waals surface area contributed by atoms with Gasteiger partial charge in [0.1, 0.15) is 0 Å². The third kappa shape index (κ3) is 2.21. The number of carboxylic acid groups (broad SMARTS) is 1. The second-order valence-corrected chi connectivity index (χ2v) is 6.96. The molecule has 0 unspecified atom stereocenters. The van der Waals surface area contributed by atoms with Gasteiger partial charge in [0.05, 0.1) is 11.1 Å². The SMILES string of the molecule is Cc1ccc2c(C(=O)O)c3c(nc2c1C)CCC(C)(C)C3. The molecular weight excluding hydrogens is 262 g/mol. The second kappa shape index (κ2) is 4.55. The Morgan fingerprint density at radius 2 is 2.00 bits per heavy atom. The van der Waals surface area contributed by atoms with Crippen molar-refractivity contribution in [3.63, 3.8) is 0 Å². The van der Waals surface area contributed by atoms with Crippen LogP contribution in [0.4, 0.5) is 0 Å². The van der Waals surface area contributed by atoms with E-state index in [1.165, 1.54) is 0 Å². The molecule has 1 aromatic carbocycles. The highest BCUT2D eigenvalue weighted by molar-refractivity contribution is 6.05. The molecule has 0 amide bonds. The first kappa shape index (κ1) is 14.1. The van der Waals surface area contributed by atoms with Crippen LogP contribution in [0.15, 0.2) is 12.1 Å². The molecular formula is C18H21NO2. The summed E-state index contributed by atoms with van der Waals surface area (Å²) in [6.45, 7) is 8.47. The Morgan fingerprint density at radius 1 is 1.29 bits per heavy atom. The lowest BCUT2D eigenvalue weighted by molar-refractivity contribution is 0.0696. The monoisotopic (exact) mass is 283 g/mol. The zero-order chi connectivity index (χ0) is 15.4. The summed E-state index contributed by atoms with van der Waals surface area (Å²) in [6, 6.07) is 3.90. The van der Waals surface area contributed by atoms with Crippen LogP contribution in [0.1, 0.15) is 53.0 Å². The van der Waals surface area contributed by atoms with Gasteiger partial charge >= 0.3 is 5.97 Å². The molecule has 2 aromatic rings. The van der Waals surface area contributed by atoms with E-state index in [2.05, 4.69) is 13.8 Å². The molecule has 0 bridgehead atoms. The zero-order valence-corrected chi connectivity index (χ0v) is 13.1. The largest absolute Gasteiger partial charge is 0.478 e. The molecule has 1 aliphatic carbocycles. The first-order valence-corrected chi connectivity index (χ1v) is 7.45. The summed E-state index contributed by atoms with van der Waals surface area (Å²) in [7, 11) is 0. The van der Waals surface area contributed by atoms with Crippen molar-refractivity contribution in [3.05, 3.63) is 40.1 Å². The van der Waals surface area contributed by atoms with Gasteiger partial charge in [0.2, 0.25) is 0 Å². The van der Waals surface area contributed by atoms with E-state index in [9.17, 15) is 9.90 Å². The van der Waals surface area contributed by atoms with E-state index in [-0.39, 0.29) is 5.41 Å². The molecule has 1 aromatic heterocycles. The van der Waals surface area contributed by atoms with E-state index in [0.717, 1.165) is 52.5 Å². The van der Waals surface area contributed by atoms with Crippen LogP contribution >= 0.6 is 0 Å². The highest BCUT2D eigenvalue weighted by Gasteiger charge is 2.31. The van der Waals surface area contributed by atoms with Crippen LogP contribution in [0.3, 0.4) is 0 Å². The summed E-state index contributed by atoms with van der Waals surface area (Å²) in [5, 5.41) is 10.5. The fraction of sp³-hybridized carbons (Fsp3) is 0.444. The predicted octanol–water partition coefficient (Wildman–Crippen LogP) is 4.06. The Hall–Kier alpha value is -1.90. The average Bonchev–Trinajstić information content (AvgIpc) is 2.40. The molecule has 0 saturated carbocycles.